The van der Waals surface area contributed by atoms with Crippen LogP contribution in [0.25, 0.3) is 0 Å². The van der Waals surface area contributed by atoms with Crippen molar-refractivity contribution in [1.29, 1.82) is 0 Å². The Morgan fingerprint density at radius 2 is 2.14 bits per heavy atom. The average molecular weight is 398 g/mol. The number of imide groups is 1. The summed E-state index contributed by atoms with van der Waals surface area (Å²) >= 11 is 0. The topological polar surface area (TPSA) is 114 Å². The molecule has 0 radical (unpaired) electrons. The van der Waals surface area contributed by atoms with Crippen LogP contribution in [0.3, 0.4) is 0 Å². The van der Waals surface area contributed by atoms with Crippen molar-refractivity contribution in [3.8, 4) is 0 Å². The number of hydrogen-bond acceptors (Lipinski definition) is 6. The molecular formula is C21H26N4O4. The van der Waals surface area contributed by atoms with E-state index in [-0.39, 0.29) is 35.3 Å². The summed E-state index contributed by atoms with van der Waals surface area (Å²) in [7, 11) is 0. The lowest BCUT2D eigenvalue weighted by Crippen LogP contribution is -2.52. The molecule has 3 atom stereocenters. The van der Waals surface area contributed by atoms with Gasteiger partial charge in [0.15, 0.2) is 0 Å². The summed E-state index contributed by atoms with van der Waals surface area (Å²) in [6.45, 7) is 2.26. The number of rotatable bonds is 5. The summed E-state index contributed by atoms with van der Waals surface area (Å²) in [5.41, 5.74) is 8.38. The Morgan fingerprint density at radius 1 is 1.28 bits per heavy atom. The number of hydrogen-bond donors (Lipinski definition) is 3. The fourth-order valence-electron chi connectivity index (χ4n) is 5.33. The monoisotopic (exact) mass is 398 g/mol. The molecule has 4 aliphatic rings. The van der Waals surface area contributed by atoms with Gasteiger partial charge in [0.05, 0.1) is 12.2 Å². The standard InChI is InChI=1S/C21H26N4O4/c22-11-21-7-6-20(10-21,12-29-21)23-8-13-2-1-3-14-15(13)9-25(19(14)28)16-4-5-17(26)24-18(16)27/h1-3,16,23H,4-12,22H2,(H,24,26,27). The number of carbonyl (C=O) groups is 3. The van der Waals surface area contributed by atoms with Crippen LogP contribution in [0.15, 0.2) is 18.2 Å². The molecule has 3 heterocycles. The molecular weight excluding hydrogens is 372 g/mol. The van der Waals surface area contributed by atoms with Crippen molar-refractivity contribution < 1.29 is 19.1 Å². The van der Waals surface area contributed by atoms with Crippen LogP contribution in [0, 0.1) is 0 Å². The van der Waals surface area contributed by atoms with Crippen molar-refractivity contribution in [3.05, 3.63) is 34.9 Å². The Labute approximate surface area is 169 Å². The third-order valence-electron chi connectivity index (χ3n) is 7.08. The number of ether oxygens (including phenoxy) is 1. The van der Waals surface area contributed by atoms with E-state index in [4.69, 9.17) is 10.5 Å². The van der Waals surface area contributed by atoms with Gasteiger partial charge in [-0.05, 0) is 42.9 Å². The molecule has 8 nitrogen and oxygen atoms in total. The first kappa shape index (κ1) is 18.7. The first-order valence-electron chi connectivity index (χ1n) is 10.3. The van der Waals surface area contributed by atoms with E-state index >= 15 is 0 Å². The normalized spacial score (nSPS) is 33.3. The second-order valence-electron chi connectivity index (χ2n) is 8.83. The number of piperidine rings is 1. The molecule has 1 aliphatic carbocycles. The van der Waals surface area contributed by atoms with E-state index in [1.165, 1.54) is 0 Å². The lowest BCUT2D eigenvalue weighted by atomic mass is 9.96. The number of nitrogens with two attached hydrogens (primary N) is 1. The Morgan fingerprint density at radius 3 is 2.83 bits per heavy atom. The zero-order valence-corrected chi connectivity index (χ0v) is 16.3. The number of amides is 3. The Kier molecular flexibility index (Phi) is 4.27. The van der Waals surface area contributed by atoms with E-state index in [0.29, 0.717) is 38.2 Å². The zero-order chi connectivity index (χ0) is 20.2. The molecule has 1 saturated carbocycles. The maximum absolute atomic E-state index is 12.9. The van der Waals surface area contributed by atoms with Gasteiger partial charge in [-0.3, -0.25) is 19.7 Å². The molecule has 0 spiro atoms. The van der Waals surface area contributed by atoms with E-state index < -0.39 is 6.04 Å². The van der Waals surface area contributed by atoms with E-state index in [2.05, 4.69) is 10.6 Å². The maximum atomic E-state index is 12.9. The largest absolute Gasteiger partial charge is 0.372 e. The summed E-state index contributed by atoms with van der Waals surface area (Å²) in [5.74, 6) is -0.793. The van der Waals surface area contributed by atoms with E-state index in [1.807, 2.05) is 18.2 Å². The van der Waals surface area contributed by atoms with Crippen LogP contribution in [-0.4, -0.2) is 53.0 Å². The minimum Gasteiger partial charge on any atom is -0.372 e. The van der Waals surface area contributed by atoms with Crippen molar-refractivity contribution >= 4 is 17.7 Å². The van der Waals surface area contributed by atoms with Crippen molar-refractivity contribution in [2.45, 2.75) is 62.4 Å². The Balaban J connectivity index is 1.32. The van der Waals surface area contributed by atoms with Crippen LogP contribution in [0.2, 0.25) is 0 Å². The fourth-order valence-corrected chi connectivity index (χ4v) is 5.33. The number of benzene rings is 1. The van der Waals surface area contributed by atoms with Gasteiger partial charge in [0, 0.05) is 37.2 Å². The van der Waals surface area contributed by atoms with Crippen LogP contribution in [0.4, 0.5) is 0 Å². The van der Waals surface area contributed by atoms with Gasteiger partial charge < -0.3 is 20.7 Å². The van der Waals surface area contributed by atoms with Gasteiger partial charge in [-0.15, -0.1) is 0 Å². The molecule has 2 saturated heterocycles. The quantitative estimate of drug-likeness (QED) is 0.610. The lowest BCUT2D eigenvalue weighted by molar-refractivity contribution is -0.136. The van der Waals surface area contributed by atoms with Gasteiger partial charge in [0.2, 0.25) is 11.8 Å². The second kappa shape index (κ2) is 6.62. The van der Waals surface area contributed by atoms with Crippen molar-refractivity contribution in [2.75, 3.05) is 13.2 Å². The summed E-state index contributed by atoms with van der Waals surface area (Å²) in [6, 6.07) is 5.16. The lowest BCUT2D eigenvalue weighted by Gasteiger charge is -2.29. The smallest absolute Gasteiger partial charge is 0.255 e. The average Bonchev–Trinajstić information content (AvgIpc) is 3.38. The summed E-state index contributed by atoms with van der Waals surface area (Å²) < 4.78 is 5.99. The number of nitrogens with one attached hydrogen (secondary N) is 2. The molecule has 154 valence electrons. The van der Waals surface area contributed by atoms with E-state index in [0.717, 1.165) is 30.4 Å². The number of carbonyl (C=O) groups excluding carboxylic acids is 3. The highest BCUT2D eigenvalue weighted by Crippen LogP contribution is 2.46. The first-order chi connectivity index (χ1) is 13.9. The van der Waals surface area contributed by atoms with E-state index in [9.17, 15) is 14.4 Å². The van der Waals surface area contributed by atoms with Gasteiger partial charge >= 0.3 is 0 Å². The minimum atomic E-state index is -0.588. The third-order valence-corrected chi connectivity index (χ3v) is 7.08. The van der Waals surface area contributed by atoms with Crippen molar-refractivity contribution in [1.82, 2.24) is 15.5 Å². The predicted molar refractivity (Wildman–Crippen MR) is 104 cm³/mol. The molecule has 3 amide bonds. The molecule has 8 heteroatoms. The highest BCUT2D eigenvalue weighted by Gasteiger charge is 2.54. The molecule has 29 heavy (non-hydrogen) atoms. The van der Waals surface area contributed by atoms with Crippen LogP contribution >= 0.6 is 0 Å². The maximum Gasteiger partial charge on any atom is 0.255 e. The second-order valence-corrected chi connectivity index (χ2v) is 8.83. The van der Waals surface area contributed by atoms with Crippen LogP contribution in [0.1, 0.15) is 53.6 Å². The van der Waals surface area contributed by atoms with Crippen molar-refractivity contribution in [3.63, 3.8) is 0 Å². The van der Waals surface area contributed by atoms with Crippen LogP contribution < -0.4 is 16.4 Å². The number of nitrogens with zero attached hydrogens (tertiary/aromatic N) is 1. The zero-order valence-electron chi connectivity index (χ0n) is 16.3. The molecule has 3 aliphatic heterocycles. The Hall–Kier alpha value is -2.29. The molecule has 0 aromatic heterocycles. The van der Waals surface area contributed by atoms with Gasteiger partial charge in [0.25, 0.3) is 5.91 Å². The van der Waals surface area contributed by atoms with Gasteiger partial charge in [-0.1, -0.05) is 12.1 Å². The predicted octanol–water partition coefficient (Wildman–Crippen LogP) is 0.188. The SMILES string of the molecule is NCC12CCC(NCc3cccc4c3CN(C3CCC(=O)NC3=O)C4=O)(CO1)C2. The third kappa shape index (κ3) is 2.97. The summed E-state index contributed by atoms with van der Waals surface area (Å²) in [5, 5.41) is 6.03. The molecule has 4 N–H and O–H groups in total. The summed E-state index contributed by atoms with van der Waals surface area (Å²) in [6.07, 6.45) is 3.58. The van der Waals surface area contributed by atoms with E-state index in [1.54, 1.807) is 4.90 Å². The van der Waals surface area contributed by atoms with Crippen LogP contribution in [0.5, 0.6) is 0 Å². The van der Waals surface area contributed by atoms with Gasteiger partial charge in [0.1, 0.15) is 6.04 Å². The molecule has 3 unspecified atom stereocenters. The Bertz CT molecular complexity index is 891. The minimum absolute atomic E-state index is 0.0476. The van der Waals surface area contributed by atoms with Crippen LogP contribution in [-0.2, 0) is 27.4 Å². The first-order valence-corrected chi connectivity index (χ1v) is 10.3. The van der Waals surface area contributed by atoms with Crippen molar-refractivity contribution in [2.24, 2.45) is 5.73 Å². The molecule has 5 rings (SSSR count). The van der Waals surface area contributed by atoms with Gasteiger partial charge in [-0.2, -0.15) is 0 Å². The summed E-state index contributed by atoms with van der Waals surface area (Å²) in [4.78, 5) is 38.2. The molecule has 3 fully saturated rings. The highest BCUT2D eigenvalue weighted by atomic mass is 16.5. The molecule has 2 bridgehead atoms. The number of fused-ring (bicyclic) bond motifs is 3. The fraction of sp³-hybridized carbons (Fsp3) is 0.571. The molecule has 1 aromatic rings. The molecule has 1 aromatic carbocycles. The highest BCUT2D eigenvalue weighted by molar-refractivity contribution is 6.05. The van der Waals surface area contributed by atoms with Gasteiger partial charge in [-0.25, -0.2) is 0 Å².